The SMILES string of the molecule is CCOc1ccccc1N(CCCC(=O)N(Cc1ccc(Cl)c(Cl)c1)C(CC)C(=O)NCC(C)C)S(C)(=O)=O. The Hall–Kier alpha value is -2.49. The Kier molecular flexibility index (Phi) is 12.9. The van der Waals surface area contributed by atoms with Gasteiger partial charge < -0.3 is 15.0 Å². The Bertz CT molecular complexity index is 1220. The van der Waals surface area contributed by atoms with Crippen LogP contribution in [0.15, 0.2) is 42.5 Å². The van der Waals surface area contributed by atoms with Crippen LogP contribution >= 0.6 is 23.2 Å². The van der Waals surface area contributed by atoms with Crippen LogP contribution in [0.2, 0.25) is 10.0 Å². The fourth-order valence-corrected chi connectivity index (χ4v) is 5.39. The highest BCUT2D eigenvalue weighted by Crippen LogP contribution is 2.30. The first-order chi connectivity index (χ1) is 18.4. The van der Waals surface area contributed by atoms with E-state index in [1.807, 2.05) is 27.7 Å². The molecule has 2 aromatic carbocycles. The van der Waals surface area contributed by atoms with Crippen LogP contribution < -0.4 is 14.4 Å². The lowest BCUT2D eigenvalue weighted by atomic mass is 10.1. The van der Waals surface area contributed by atoms with E-state index in [1.165, 1.54) is 9.21 Å². The molecule has 2 rings (SSSR count). The number of rotatable bonds is 15. The van der Waals surface area contributed by atoms with Crippen molar-refractivity contribution in [3.63, 3.8) is 0 Å². The molecule has 0 heterocycles. The number of amides is 2. The number of para-hydroxylation sites is 2. The van der Waals surface area contributed by atoms with Gasteiger partial charge in [0.15, 0.2) is 0 Å². The van der Waals surface area contributed by atoms with Crippen LogP contribution in [-0.2, 0) is 26.2 Å². The molecule has 0 spiro atoms. The molecule has 216 valence electrons. The maximum Gasteiger partial charge on any atom is 0.242 e. The van der Waals surface area contributed by atoms with Gasteiger partial charge in [0.1, 0.15) is 11.8 Å². The van der Waals surface area contributed by atoms with Gasteiger partial charge in [0.25, 0.3) is 0 Å². The molecule has 11 heteroatoms. The maximum atomic E-state index is 13.6. The lowest BCUT2D eigenvalue weighted by Gasteiger charge is -2.31. The van der Waals surface area contributed by atoms with Crippen molar-refractivity contribution in [3.05, 3.63) is 58.1 Å². The summed E-state index contributed by atoms with van der Waals surface area (Å²) in [5.74, 6) is 0.209. The molecule has 0 aromatic heterocycles. The van der Waals surface area contributed by atoms with Gasteiger partial charge in [0.05, 0.1) is 28.6 Å². The molecule has 1 N–H and O–H groups in total. The molecule has 2 amide bonds. The van der Waals surface area contributed by atoms with Crippen LogP contribution in [0.3, 0.4) is 0 Å². The Morgan fingerprint density at radius 1 is 1.05 bits per heavy atom. The predicted molar refractivity (Wildman–Crippen MR) is 158 cm³/mol. The summed E-state index contributed by atoms with van der Waals surface area (Å²) in [5.41, 5.74) is 1.15. The maximum absolute atomic E-state index is 13.6. The van der Waals surface area contributed by atoms with Crippen molar-refractivity contribution in [1.29, 1.82) is 0 Å². The molecule has 1 unspecified atom stereocenters. The van der Waals surface area contributed by atoms with Crippen molar-refractivity contribution in [3.8, 4) is 5.75 Å². The van der Waals surface area contributed by atoms with Crippen LogP contribution in [0.1, 0.15) is 52.5 Å². The number of benzene rings is 2. The molecular formula is C28H39Cl2N3O5S. The van der Waals surface area contributed by atoms with Crippen molar-refractivity contribution in [2.45, 2.75) is 59.5 Å². The summed E-state index contributed by atoms with van der Waals surface area (Å²) in [6.45, 7) is 8.78. The van der Waals surface area contributed by atoms with Crippen molar-refractivity contribution in [1.82, 2.24) is 10.2 Å². The summed E-state index contributed by atoms with van der Waals surface area (Å²) in [6, 6.07) is 11.3. The zero-order chi connectivity index (χ0) is 29.2. The van der Waals surface area contributed by atoms with Crippen molar-refractivity contribution < 1.29 is 22.7 Å². The van der Waals surface area contributed by atoms with E-state index in [9.17, 15) is 18.0 Å². The van der Waals surface area contributed by atoms with Gasteiger partial charge in [-0.1, -0.05) is 62.2 Å². The van der Waals surface area contributed by atoms with Gasteiger partial charge in [-0.25, -0.2) is 8.42 Å². The van der Waals surface area contributed by atoms with E-state index in [2.05, 4.69) is 5.32 Å². The largest absolute Gasteiger partial charge is 0.492 e. The second-order valence-corrected chi connectivity index (χ2v) is 12.4. The molecule has 0 bridgehead atoms. The summed E-state index contributed by atoms with van der Waals surface area (Å²) in [6.07, 6.45) is 1.82. The molecule has 0 fully saturated rings. The molecule has 1 atom stereocenters. The molecule has 0 radical (unpaired) electrons. The molecule has 0 saturated carbocycles. The Balaban J connectivity index is 2.27. The number of carbonyl (C=O) groups is 2. The van der Waals surface area contributed by atoms with Gasteiger partial charge in [-0.15, -0.1) is 0 Å². The minimum Gasteiger partial charge on any atom is -0.492 e. The van der Waals surface area contributed by atoms with Crippen molar-refractivity contribution >= 4 is 50.7 Å². The second-order valence-electron chi connectivity index (χ2n) is 9.67. The number of halogens is 2. The monoisotopic (exact) mass is 599 g/mol. The van der Waals surface area contributed by atoms with Gasteiger partial charge in [0, 0.05) is 26.1 Å². The van der Waals surface area contributed by atoms with Crippen molar-refractivity contribution in [2.24, 2.45) is 5.92 Å². The van der Waals surface area contributed by atoms with Crippen LogP contribution in [0.4, 0.5) is 5.69 Å². The number of hydrogen-bond acceptors (Lipinski definition) is 5. The number of carbonyl (C=O) groups excluding carboxylic acids is 2. The summed E-state index contributed by atoms with van der Waals surface area (Å²) in [4.78, 5) is 28.2. The number of nitrogens with zero attached hydrogens (tertiary/aromatic N) is 2. The lowest BCUT2D eigenvalue weighted by Crippen LogP contribution is -2.49. The van der Waals surface area contributed by atoms with E-state index in [4.69, 9.17) is 27.9 Å². The first kappa shape index (κ1) is 32.7. The third kappa shape index (κ3) is 9.89. The predicted octanol–water partition coefficient (Wildman–Crippen LogP) is 5.52. The van der Waals surface area contributed by atoms with Gasteiger partial charge >= 0.3 is 0 Å². The van der Waals surface area contributed by atoms with E-state index < -0.39 is 16.1 Å². The number of anilines is 1. The Morgan fingerprint density at radius 2 is 1.74 bits per heavy atom. The fraction of sp³-hybridized carbons (Fsp3) is 0.500. The Morgan fingerprint density at radius 3 is 2.33 bits per heavy atom. The third-order valence-electron chi connectivity index (χ3n) is 5.99. The average molecular weight is 601 g/mol. The van der Waals surface area contributed by atoms with Crippen molar-refractivity contribution in [2.75, 3.05) is 30.3 Å². The number of nitrogens with one attached hydrogen (secondary N) is 1. The molecule has 0 aliphatic rings. The summed E-state index contributed by atoms with van der Waals surface area (Å²) < 4.78 is 32.2. The number of ether oxygens (including phenoxy) is 1. The topological polar surface area (TPSA) is 96.0 Å². The quantitative estimate of drug-likeness (QED) is 0.291. The molecule has 0 aliphatic carbocycles. The minimum absolute atomic E-state index is 0.0398. The van der Waals surface area contributed by atoms with Crippen LogP contribution in [-0.4, -0.2) is 57.1 Å². The van der Waals surface area contributed by atoms with Gasteiger partial charge in [-0.05, 0) is 55.5 Å². The molecular weight excluding hydrogens is 561 g/mol. The molecule has 8 nitrogen and oxygen atoms in total. The van der Waals surface area contributed by atoms with E-state index >= 15 is 0 Å². The van der Waals surface area contributed by atoms with Crippen LogP contribution in [0.25, 0.3) is 0 Å². The number of sulfonamides is 1. The summed E-state index contributed by atoms with van der Waals surface area (Å²) in [7, 11) is -3.65. The summed E-state index contributed by atoms with van der Waals surface area (Å²) >= 11 is 12.3. The average Bonchev–Trinajstić information content (AvgIpc) is 2.87. The normalized spacial score (nSPS) is 12.2. The Labute approximate surface area is 242 Å². The molecule has 0 aliphatic heterocycles. The first-order valence-electron chi connectivity index (χ1n) is 13.1. The fourth-order valence-electron chi connectivity index (χ4n) is 4.10. The second kappa shape index (κ2) is 15.3. The van der Waals surface area contributed by atoms with E-state index in [0.29, 0.717) is 41.1 Å². The zero-order valence-electron chi connectivity index (χ0n) is 23.2. The molecule has 2 aromatic rings. The lowest BCUT2D eigenvalue weighted by molar-refractivity contribution is -0.141. The zero-order valence-corrected chi connectivity index (χ0v) is 25.6. The van der Waals surface area contributed by atoms with E-state index in [1.54, 1.807) is 42.5 Å². The first-order valence-corrected chi connectivity index (χ1v) is 15.7. The van der Waals surface area contributed by atoms with E-state index in [0.717, 1.165) is 11.8 Å². The number of hydrogen-bond donors (Lipinski definition) is 1. The smallest absolute Gasteiger partial charge is 0.242 e. The highest BCUT2D eigenvalue weighted by Gasteiger charge is 2.29. The highest BCUT2D eigenvalue weighted by molar-refractivity contribution is 7.92. The molecule has 0 saturated heterocycles. The highest BCUT2D eigenvalue weighted by atomic mass is 35.5. The minimum atomic E-state index is -3.65. The van der Waals surface area contributed by atoms with Gasteiger partial charge in [-0.3, -0.25) is 13.9 Å². The van der Waals surface area contributed by atoms with Gasteiger partial charge in [-0.2, -0.15) is 0 Å². The van der Waals surface area contributed by atoms with Crippen LogP contribution in [0, 0.1) is 5.92 Å². The van der Waals surface area contributed by atoms with Crippen LogP contribution in [0.5, 0.6) is 5.75 Å². The third-order valence-corrected chi connectivity index (χ3v) is 7.91. The molecule has 39 heavy (non-hydrogen) atoms. The standard InChI is InChI=1S/C28H39Cl2N3O5S/c1-6-24(28(35)31-18-20(3)4)32(19-21-14-15-22(29)23(30)17-21)27(34)13-10-16-33(39(5,36)37)25-11-8-9-12-26(25)38-7-2/h8-9,11-12,14-15,17,20,24H,6-7,10,13,16,18-19H2,1-5H3,(H,31,35). The summed E-state index contributed by atoms with van der Waals surface area (Å²) in [5, 5.41) is 3.68. The van der Waals surface area contributed by atoms with E-state index in [-0.39, 0.29) is 43.7 Å². The van der Waals surface area contributed by atoms with Gasteiger partial charge in [0.2, 0.25) is 21.8 Å².